The average Bonchev–Trinajstić information content (AvgIpc) is 3.13. The minimum atomic E-state index is -1.09. The van der Waals surface area contributed by atoms with E-state index in [2.05, 4.69) is 0 Å². The molecule has 2 amide bonds. The number of benzene rings is 1. The number of allylic oxidation sites excluding steroid dienone is 1. The Morgan fingerprint density at radius 2 is 1.76 bits per heavy atom. The molecule has 0 spiro atoms. The third-order valence-corrected chi connectivity index (χ3v) is 6.56. The monoisotopic (exact) mass is 529 g/mol. The van der Waals surface area contributed by atoms with Crippen molar-refractivity contribution in [2.24, 2.45) is 11.8 Å². The summed E-state index contributed by atoms with van der Waals surface area (Å²) in [4.78, 5) is 41.2. The van der Waals surface area contributed by atoms with Crippen LogP contribution >= 0.6 is 0 Å². The first-order chi connectivity index (χ1) is 18.2. The molecule has 2 heterocycles. The summed E-state index contributed by atoms with van der Waals surface area (Å²) in [7, 11) is 0. The fraction of sp³-hybridized carbons (Fsp3) is 0.552. The van der Waals surface area contributed by atoms with Crippen molar-refractivity contribution in [3.05, 3.63) is 59.9 Å². The average molecular weight is 530 g/mol. The van der Waals surface area contributed by atoms with Gasteiger partial charge in [-0.05, 0) is 56.4 Å². The van der Waals surface area contributed by atoms with Crippen LogP contribution in [0.3, 0.4) is 0 Å². The molecule has 0 unspecified atom stereocenters. The lowest BCUT2D eigenvalue weighted by atomic mass is 9.85. The van der Waals surface area contributed by atoms with E-state index < -0.39 is 35.7 Å². The van der Waals surface area contributed by atoms with Gasteiger partial charge < -0.3 is 24.1 Å². The molecule has 1 saturated heterocycles. The quantitative estimate of drug-likeness (QED) is 0.387. The van der Waals surface area contributed by atoms with Crippen LogP contribution in [0.5, 0.6) is 0 Å². The third kappa shape index (κ3) is 7.52. The summed E-state index contributed by atoms with van der Waals surface area (Å²) in [5, 5.41) is 8.72. The highest BCUT2D eigenvalue weighted by Gasteiger charge is 2.54. The molecule has 1 aromatic rings. The van der Waals surface area contributed by atoms with E-state index in [0.29, 0.717) is 32.0 Å². The van der Waals surface area contributed by atoms with E-state index in [9.17, 15) is 14.4 Å². The Labute approximate surface area is 224 Å². The van der Waals surface area contributed by atoms with Gasteiger partial charge in [-0.1, -0.05) is 44.2 Å². The van der Waals surface area contributed by atoms with Crippen LogP contribution in [0.15, 0.2) is 54.3 Å². The second-order valence-corrected chi connectivity index (χ2v) is 10.3. The lowest BCUT2D eigenvalue weighted by molar-refractivity contribution is -0.144. The van der Waals surface area contributed by atoms with Crippen LogP contribution in [0.25, 0.3) is 0 Å². The maximum atomic E-state index is 14.0. The summed E-state index contributed by atoms with van der Waals surface area (Å²) in [6, 6.07) is 8.89. The number of ketones is 1. The topological polar surface area (TPSA) is 112 Å². The van der Waals surface area contributed by atoms with Crippen LogP contribution in [0, 0.1) is 11.8 Å². The van der Waals surface area contributed by atoms with Gasteiger partial charge in [0.15, 0.2) is 11.9 Å². The number of aliphatic hydroxyl groups excluding tert-OH is 1. The summed E-state index contributed by atoms with van der Waals surface area (Å²) in [5.41, 5.74) is -0.00363. The molecule has 2 aliphatic rings. The second-order valence-electron chi connectivity index (χ2n) is 10.3. The Kier molecular flexibility index (Phi) is 10.6. The first-order valence-electron chi connectivity index (χ1n) is 13.1. The van der Waals surface area contributed by atoms with E-state index in [4.69, 9.17) is 24.1 Å². The number of ether oxygens (including phenoxy) is 4. The molecule has 2 aliphatic heterocycles. The highest BCUT2D eigenvalue weighted by molar-refractivity contribution is 6.02. The van der Waals surface area contributed by atoms with Crippen molar-refractivity contribution in [3.63, 3.8) is 0 Å². The number of hydrogen-bond acceptors (Lipinski definition) is 8. The number of carbonyl (C=O) groups is 3. The smallest absolute Gasteiger partial charge is 0.417 e. The number of hydrogen-bond donors (Lipinski definition) is 1. The zero-order chi connectivity index (χ0) is 27.7. The second kappa shape index (κ2) is 13.7. The molecule has 9 nitrogen and oxygen atoms in total. The van der Waals surface area contributed by atoms with Crippen molar-refractivity contribution in [1.82, 2.24) is 4.90 Å². The predicted octanol–water partition coefficient (Wildman–Crippen LogP) is 3.45. The molecule has 9 heteroatoms. The third-order valence-electron chi connectivity index (χ3n) is 6.56. The molecule has 1 fully saturated rings. The number of nitrogens with zero attached hydrogens (tertiary/aromatic N) is 1. The Morgan fingerprint density at radius 1 is 1.08 bits per heavy atom. The molecule has 3 atom stereocenters. The molecule has 1 aromatic carbocycles. The summed E-state index contributed by atoms with van der Waals surface area (Å²) in [6.07, 6.45) is 3.77. The number of aliphatic hydroxyl groups is 1. The summed E-state index contributed by atoms with van der Waals surface area (Å²) < 4.78 is 22.3. The van der Waals surface area contributed by atoms with Gasteiger partial charge in [0.1, 0.15) is 11.4 Å². The van der Waals surface area contributed by atoms with Crippen molar-refractivity contribution in [1.29, 1.82) is 0 Å². The Morgan fingerprint density at radius 3 is 2.42 bits per heavy atom. The Balaban J connectivity index is 1.78. The fourth-order valence-electron chi connectivity index (χ4n) is 5.03. The fourth-order valence-corrected chi connectivity index (χ4v) is 5.03. The molecular formula is C29H39NO8. The Bertz CT molecular complexity index is 1020. The van der Waals surface area contributed by atoms with Crippen LogP contribution in [0.4, 0.5) is 4.79 Å². The normalized spacial score (nSPS) is 22.6. The molecule has 0 bridgehead atoms. The van der Waals surface area contributed by atoms with E-state index in [1.54, 1.807) is 26.0 Å². The number of amides is 2. The SMILES string of the molecule is CC(C)[C@@H]1N(C(=O)[C@@H](Cc2ccccc2)[C@@H]2OC(=CCCOCCOCCO)C=CC2=O)C(=O)OC1(C)C. The van der Waals surface area contributed by atoms with Crippen molar-refractivity contribution in [3.8, 4) is 0 Å². The highest BCUT2D eigenvalue weighted by Crippen LogP contribution is 2.36. The van der Waals surface area contributed by atoms with E-state index in [-0.39, 0.29) is 31.3 Å². The molecule has 0 saturated carbocycles. The standard InChI is InChI=1S/C29H39NO8/c1-20(2)26-29(3,4)38-28(34)30(26)27(33)23(19-21-9-6-5-7-10-21)25-24(32)13-12-22(37-25)11-8-15-35-17-18-36-16-14-31/h5-7,9-13,20,23,25-26,31H,8,14-19H2,1-4H3/t23-,25-,26-/m0/s1. The van der Waals surface area contributed by atoms with E-state index >= 15 is 0 Å². The van der Waals surface area contributed by atoms with Crippen molar-refractivity contribution in [2.45, 2.75) is 58.3 Å². The summed E-state index contributed by atoms with van der Waals surface area (Å²) in [5.74, 6) is -1.33. The molecule has 0 aliphatic carbocycles. The van der Waals surface area contributed by atoms with Gasteiger partial charge in [0.2, 0.25) is 5.91 Å². The minimum Gasteiger partial charge on any atom is -0.482 e. The predicted molar refractivity (Wildman–Crippen MR) is 140 cm³/mol. The molecule has 208 valence electrons. The van der Waals surface area contributed by atoms with Gasteiger partial charge in [-0.25, -0.2) is 9.69 Å². The van der Waals surface area contributed by atoms with Crippen molar-refractivity contribution in [2.75, 3.05) is 33.0 Å². The van der Waals surface area contributed by atoms with Crippen molar-refractivity contribution >= 4 is 17.8 Å². The summed E-state index contributed by atoms with van der Waals surface area (Å²) in [6.45, 7) is 8.91. The van der Waals surface area contributed by atoms with Gasteiger partial charge in [-0.15, -0.1) is 0 Å². The number of imide groups is 1. The highest BCUT2D eigenvalue weighted by atomic mass is 16.6. The largest absolute Gasteiger partial charge is 0.482 e. The zero-order valence-corrected chi connectivity index (χ0v) is 22.6. The molecule has 1 N–H and O–H groups in total. The molecule has 0 aromatic heterocycles. The molecule has 3 rings (SSSR count). The van der Waals surface area contributed by atoms with Gasteiger partial charge in [-0.3, -0.25) is 9.59 Å². The molecule has 0 radical (unpaired) electrons. The van der Waals surface area contributed by atoms with Gasteiger partial charge in [-0.2, -0.15) is 0 Å². The van der Waals surface area contributed by atoms with Crippen LogP contribution in [0.2, 0.25) is 0 Å². The van der Waals surface area contributed by atoms with Gasteiger partial charge >= 0.3 is 6.09 Å². The van der Waals surface area contributed by atoms with Crippen LogP contribution in [-0.2, 0) is 35.0 Å². The lowest BCUT2D eigenvalue weighted by Crippen LogP contribution is -2.53. The summed E-state index contributed by atoms with van der Waals surface area (Å²) >= 11 is 0. The van der Waals surface area contributed by atoms with Gasteiger partial charge in [0, 0.05) is 0 Å². The maximum Gasteiger partial charge on any atom is 0.417 e. The number of carbonyl (C=O) groups excluding carboxylic acids is 3. The minimum absolute atomic E-state index is 0.0295. The van der Waals surface area contributed by atoms with E-state index in [1.807, 2.05) is 44.2 Å². The van der Waals surface area contributed by atoms with Gasteiger partial charge in [0.05, 0.1) is 45.0 Å². The molecule has 38 heavy (non-hydrogen) atoms. The first kappa shape index (κ1) is 29.5. The number of cyclic esters (lactones) is 1. The van der Waals surface area contributed by atoms with E-state index in [1.165, 1.54) is 11.0 Å². The molecular weight excluding hydrogens is 490 g/mol. The maximum absolute atomic E-state index is 14.0. The van der Waals surface area contributed by atoms with Crippen LogP contribution in [-0.4, -0.2) is 78.6 Å². The lowest BCUT2D eigenvalue weighted by Gasteiger charge is -2.35. The van der Waals surface area contributed by atoms with Gasteiger partial charge in [0.25, 0.3) is 0 Å². The van der Waals surface area contributed by atoms with Crippen LogP contribution < -0.4 is 0 Å². The van der Waals surface area contributed by atoms with Crippen LogP contribution in [0.1, 0.15) is 39.7 Å². The zero-order valence-electron chi connectivity index (χ0n) is 22.6. The Hall–Kier alpha value is -3.01. The number of rotatable bonds is 13. The first-order valence-corrected chi connectivity index (χ1v) is 13.1. The van der Waals surface area contributed by atoms with Crippen molar-refractivity contribution < 1.29 is 38.4 Å². The van der Waals surface area contributed by atoms with E-state index in [0.717, 1.165) is 5.56 Å².